The Balaban J connectivity index is 1.58. The number of aromatic nitrogens is 3. The topological polar surface area (TPSA) is 69.0 Å². The van der Waals surface area contributed by atoms with Crippen molar-refractivity contribution >= 4 is 17.7 Å². The number of hydrogen-bond donors (Lipinski definition) is 1. The van der Waals surface area contributed by atoms with Crippen molar-refractivity contribution < 1.29 is 9.53 Å². The van der Waals surface area contributed by atoms with Crippen LogP contribution in [0.25, 0.3) is 0 Å². The van der Waals surface area contributed by atoms with Crippen LogP contribution in [0.3, 0.4) is 0 Å². The zero-order valence-corrected chi connectivity index (χ0v) is 19.4. The molecule has 0 unspecified atom stereocenters. The zero-order chi connectivity index (χ0) is 22.2. The number of rotatable bonds is 10. The van der Waals surface area contributed by atoms with Crippen LogP contribution in [0.1, 0.15) is 49.2 Å². The van der Waals surface area contributed by atoms with Crippen LogP contribution >= 0.6 is 11.8 Å². The lowest BCUT2D eigenvalue weighted by Gasteiger charge is -2.15. The fraction of sp³-hybridized carbons (Fsp3) is 0.375. The Morgan fingerprint density at radius 1 is 1.16 bits per heavy atom. The van der Waals surface area contributed by atoms with Gasteiger partial charge in [0.15, 0.2) is 11.0 Å². The molecule has 0 saturated heterocycles. The molecule has 0 atom stereocenters. The van der Waals surface area contributed by atoms with E-state index in [1.807, 2.05) is 41.8 Å². The van der Waals surface area contributed by atoms with E-state index in [0.717, 1.165) is 27.9 Å². The lowest BCUT2D eigenvalue weighted by atomic mass is 10.0. The first-order chi connectivity index (χ1) is 15.0. The summed E-state index contributed by atoms with van der Waals surface area (Å²) < 4.78 is 8.12. The summed E-state index contributed by atoms with van der Waals surface area (Å²) in [5.41, 5.74) is 3.42. The van der Waals surface area contributed by atoms with Crippen LogP contribution < -0.4 is 10.1 Å². The summed E-state index contributed by atoms with van der Waals surface area (Å²) in [6.45, 7) is 9.98. The first-order valence-corrected chi connectivity index (χ1v) is 11.5. The van der Waals surface area contributed by atoms with Crippen molar-refractivity contribution in [2.24, 2.45) is 0 Å². The summed E-state index contributed by atoms with van der Waals surface area (Å²) in [4.78, 5) is 12.2. The quantitative estimate of drug-likeness (QED) is 0.464. The minimum Gasteiger partial charge on any atom is -0.485 e. The minimum atomic E-state index is -0.0290. The van der Waals surface area contributed by atoms with Crippen molar-refractivity contribution in [1.29, 1.82) is 0 Å². The van der Waals surface area contributed by atoms with Gasteiger partial charge in [0.05, 0.1) is 5.75 Å². The van der Waals surface area contributed by atoms with Crippen molar-refractivity contribution in [3.8, 4) is 5.75 Å². The van der Waals surface area contributed by atoms with Crippen LogP contribution in [-0.4, -0.2) is 26.4 Å². The third kappa shape index (κ3) is 6.34. The monoisotopic (exact) mass is 438 g/mol. The number of nitrogens with zero attached hydrogens (tertiary/aromatic N) is 3. The molecule has 7 heteroatoms. The van der Waals surface area contributed by atoms with Gasteiger partial charge in [0, 0.05) is 13.1 Å². The van der Waals surface area contributed by atoms with E-state index in [1.54, 1.807) is 0 Å². The van der Waals surface area contributed by atoms with Gasteiger partial charge in [-0.25, -0.2) is 0 Å². The van der Waals surface area contributed by atoms with Crippen LogP contribution in [-0.2, 0) is 24.5 Å². The van der Waals surface area contributed by atoms with Gasteiger partial charge >= 0.3 is 0 Å². The predicted octanol–water partition coefficient (Wildman–Crippen LogP) is 4.72. The number of amides is 1. The highest BCUT2D eigenvalue weighted by atomic mass is 32.2. The Kier molecular flexibility index (Phi) is 8.12. The van der Waals surface area contributed by atoms with E-state index in [1.165, 1.54) is 17.3 Å². The Morgan fingerprint density at radius 3 is 2.65 bits per heavy atom. The molecule has 1 aromatic heterocycles. The molecule has 1 N–H and O–H groups in total. The smallest absolute Gasteiger partial charge is 0.230 e. The summed E-state index contributed by atoms with van der Waals surface area (Å²) in [7, 11) is 0. The van der Waals surface area contributed by atoms with Crippen LogP contribution in [0, 0.1) is 6.92 Å². The van der Waals surface area contributed by atoms with Crippen molar-refractivity contribution in [2.45, 2.75) is 58.5 Å². The van der Waals surface area contributed by atoms with Crippen molar-refractivity contribution in [3.05, 3.63) is 71.0 Å². The van der Waals surface area contributed by atoms with E-state index < -0.39 is 0 Å². The maximum Gasteiger partial charge on any atom is 0.230 e. The molecular formula is C24H30N4O2S. The molecule has 6 nitrogen and oxygen atoms in total. The van der Waals surface area contributed by atoms with Gasteiger partial charge in [-0.05, 0) is 42.5 Å². The summed E-state index contributed by atoms with van der Waals surface area (Å²) in [6, 6.07) is 16.2. The highest BCUT2D eigenvalue weighted by Gasteiger charge is 2.15. The number of aryl methyl sites for hydroxylation is 1. The summed E-state index contributed by atoms with van der Waals surface area (Å²) in [6.07, 6.45) is 0. The van der Waals surface area contributed by atoms with E-state index in [9.17, 15) is 4.79 Å². The Hall–Kier alpha value is -2.80. The number of nitrogens with one attached hydrogen (secondary N) is 1. The Labute approximate surface area is 188 Å². The number of carbonyl (C=O) groups is 1. The molecule has 0 spiro atoms. The minimum absolute atomic E-state index is 0.0290. The van der Waals surface area contributed by atoms with Crippen LogP contribution in [0.2, 0.25) is 0 Å². The molecule has 3 aromatic rings. The van der Waals surface area contributed by atoms with Crippen molar-refractivity contribution in [2.75, 3.05) is 5.75 Å². The standard InChI is InChI=1S/C24H30N4O2S/c1-5-28-22(15-30-21-13-18(4)11-12-20(21)17(2)3)26-27-24(28)31-16-23(29)25-14-19-9-7-6-8-10-19/h6-13,17H,5,14-16H2,1-4H3,(H,25,29). The first kappa shape index (κ1) is 22.9. The fourth-order valence-corrected chi connectivity index (χ4v) is 4.06. The molecule has 0 aliphatic heterocycles. The number of ether oxygens (including phenoxy) is 1. The highest BCUT2D eigenvalue weighted by Crippen LogP contribution is 2.28. The lowest BCUT2D eigenvalue weighted by molar-refractivity contribution is -0.118. The van der Waals surface area contributed by atoms with Crippen LogP contribution in [0.15, 0.2) is 53.7 Å². The summed E-state index contributed by atoms with van der Waals surface area (Å²) >= 11 is 1.39. The van der Waals surface area contributed by atoms with Gasteiger partial charge in [0.1, 0.15) is 12.4 Å². The first-order valence-electron chi connectivity index (χ1n) is 10.6. The van der Waals surface area contributed by atoms with Crippen molar-refractivity contribution in [1.82, 2.24) is 20.1 Å². The molecule has 3 rings (SSSR count). The van der Waals surface area contributed by atoms with Crippen LogP contribution in [0.4, 0.5) is 0 Å². The molecule has 0 radical (unpaired) electrons. The molecule has 0 saturated carbocycles. The SMILES string of the molecule is CCn1c(COc2cc(C)ccc2C(C)C)nnc1SCC(=O)NCc1ccccc1. The average molecular weight is 439 g/mol. The van der Waals surface area contributed by atoms with Gasteiger partial charge in [0.2, 0.25) is 5.91 Å². The molecule has 0 aliphatic rings. The van der Waals surface area contributed by atoms with E-state index >= 15 is 0 Å². The zero-order valence-electron chi connectivity index (χ0n) is 18.6. The van der Waals surface area contributed by atoms with Gasteiger partial charge in [-0.2, -0.15) is 0 Å². The largest absolute Gasteiger partial charge is 0.485 e. The van der Waals surface area contributed by atoms with E-state index in [4.69, 9.17) is 4.74 Å². The van der Waals surface area contributed by atoms with Gasteiger partial charge in [0.25, 0.3) is 0 Å². The molecule has 1 amide bonds. The van der Waals surface area contributed by atoms with Crippen LogP contribution in [0.5, 0.6) is 5.75 Å². The van der Waals surface area contributed by atoms with Crippen molar-refractivity contribution in [3.63, 3.8) is 0 Å². The van der Waals surface area contributed by atoms with Gasteiger partial charge in [-0.3, -0.25) is 4.79 Å². The summed E-state index contributed by atoms with van der Waals surface area (Å²) in [5.74, 6) is 2.28. The normalized spacial score (nSPS) is 11.0. The van der Waals surface area contributed by atoms with Gasteiger partial charge in [-0.15, -0.1) is 10.2 Å². The molecule has 0 bridgehead atoms. The Morgan fingerprint density at radius 2 is 1.94 bits per heavy atom. The molecule has 1 heterocycles. The van der Waals surface area contributed by atoms with Gasteiger partial charge < -0.3 is 14.6 Å². The highest BCUT2D eigenvalue weighted by molar-refractivity contribution is 7.99. The second kappa shape index (κ2) is 11.0. The third-order valence-electron chi connectivity index (χ3n) is 4.92. The lowest BCUT2D eigenvalue weighted by Crippen LogP contribution is -2.24. The number of thioether (sulfide) groups is 1. The third-order valence-corrected chi connectivity index (χ3v) is 5.89. The molecular weight excluding hydrogens is 408 g/mol. The number of carbonyl (C=O) groups excluding carboxylic acids is 1. The van der Waals surface area contributed by atoms with Gasteiger partial charge in [-0.1, -0.05) is 68.1 Å². The average Bonchev–Trinajstić information content (AvgIpc) is 3.17. The van der Waals surface area contributed by atoms with E-state index in [2.05, 4.69) is 54.5 Å². The van der Waals surface area contributed by atoms with E-state index in [0.29, 0.717) is 31.4 Å². The maximum absolute atomic E-state index is 12.2. The second-order valence-corrected chi connectivity index (χ2v) is 8.62. The predicted molar refractivity (Wildman–Crippen MR) is 124 cm³/mol. The fourth-order valence-electron chi connectivity index (χ4n) is 3.21. The second-order valence-electron chi connectivity index (χ2n) is 7.68. The van der Waals surface area contributed by atoms with E-state index in [-0.39, 0.29) is 5.91 Å². The molecule has 164 valence electrons. The maximum atomic E-state index is 12.2. The Bertz CT molecular complexity index is 1000. The summed E-state index contributed by atoms with van der Waals surface area (Å²) in [5, 5.41) is 12.3. The molecule has 2 aromatic carbocycles. The number of benzene rings is 2. The molecule has 0 aliphatic carbocycles. The molecule has 31 heavy (non-hydrogen) atoms. The molecule has 0 fully saturated rings. The number of hydrogen-bond acceptors (Lipinski definition) is 5.